The number of carbonyl (C=O) groups excluding carboxylic acids is 1. The van der Waals surface area contributed by atoms with Crippen LogP contribution in [0.5, 0.6) is 0 Å². The van der Waals surface area contributed by atoms with Crippen molar-refractivity contribution >= 4 is 57.4 Å². The molecule has 1 radical (unpaired) electrons. The van der Waals surface area contributed by atoms with Crippen LogP contribution in [-0.4, -0.2) is 63.5 Å². The molecule has 65 valence electrons. The van der Waals surface area contributed by atoms with Crippen LogP contribution in [0.4, 0.5) is 0 Å². The third-order valence-corrected chi connectivity index (χ3v) is 2.30. The quantitative estimate of drug-likeness (QED) is 0.470. The van der Waals surface area contributed by atoms with Crippen LogP contribution in [0.15, 0.2) is 0 Å². The molecular formula is C9H16KO2. The van der Waals surface area contributed by atoms with Crippen LogP contribution >= 0.6 is 0 Å². The predicted octanol–water partition coefficient (Wildman–Crippen LogP) is 1.75. The molecule has 0 atom stereocenters. The van der Waals surface area contributed by atoms with E-state index in [1.54, 1.807) is 0 Å². The summed E-state index contributed by atoms with van der Waals surface area (Å²) in [7, 11) is 0. The average Bonchev–Trinajstić information content (AvgIpc) is 1.93. The summed E-state index contributed by atoms with van der Waals surface area (Å²) < 4.78 is 5.10. The van der Waals surface area contributed by atoms with Gasteiger partial charge in [-0.2, -0.15) is 0 Å². The van der Waals surface area contributed by atoms with Gasteiger partial charge in [-0.3, -0.25) is 4.79 Å². The molecule has 0 saturated heterocycles. The van der Waals surface area contributed by atoms with Crippen molar-refractivity contribution in [3.63, 3.8) is 0 Å². The zero-order valence-corrected chi connectivity index (χ0v) is 11.4. The molecule has 1 rings (SSSR count). The van der Waals surface area contributed by atoms with Crippen molar-refractivity contribution in [2.45, 2.75) is 45.6 Å². The Hall–Kier alpha value is 1.11. The molecule has 0 unspecified atom stereocenters. The van der Waals surface area contributed by atoms with Gasteiger partial charge in [0.15, 0.2) is 0 Å². The zero-order valence-electron chi connectivity index (χ0n) is 8.30. The van der Waals surface area contributed by atoms with Crippen LogP contribution in [0.2, 0.25) is 0 Å². The molecule has 0 N–H and O–H groups in total. The molecule has 1 aliphatic carbocycles. The summed E-state index contributed by atoms with van der Waals surface area (Å²) in [5.41, 5.74) is 0. The SMILES string of the molecule is CC(=O)OC1CCC(C)CC1.[K]. The minimum atomic E-state index is -0.135. The van der Waals surface area contributed by atoms with Gasteiger partial charge in [-0.25, -0.2) is 0 Å². The van der Waals surface area contributed by atoms with Crippen LogP contribution in [0.3, 0.4) is 0 Å². The van der Waals surface area contributed by atoms with E-state index in [1.807, 2.05) is 0 Å². The van der Waals surface area contributed by atoms with E-state index < -0.39 is 0 Å². The molecular weight excluding hydrogens is 179 g/mol. The molecule has 1 saturated carbocycles. The fourth-order valence-corrected chi connectivity index (χ4v) is 1.58. The normalized spacial score (nSPS) is 28.8. The van der Waals surface area contributed by atoms with Crippen LogP contribution in [0, 0.1) is 5.92 Å². The fraction of sp³-hybridized carbons (Fsp3) is 0.889. The van der Waals surface area contributed by atoms with Gasteiger partial charge in [-0.1, -0.05) is 6.92 Å². The summed E-state index contributed by atoms with van der Waals surface area (Å²) in [5, 5.41) is 0. The Kier molecular flexibility index (Phi) is 7.15. The minimum Gasteiger partial charge on any atom is -0.463 e. The first-order valence-corrected chi connectivity index (χ1v) is 4.35. The molecule has 1 aliphatic rings. The second kappa shape index (κ2) is 6.54. The van der Waals surface area contributed by atoms with Crippen molar-refractivity contribution in [2.24, 2.45) is 5.92 Å². The first-order valence-electron chi connectivity index (χ1n) is 4.35. The maximum Gasteiger partial charge on any atom is 0.302 e. The van der Waals surface area contributed by atoms with E-state index in [2.05, 4.69) is 6.92 Å². The average molecular weight is 195 g/mol. The van der Waals surface area contributed by atoms with Crippen molar-refractivity contribution in [2.75, 3.05) is 0 Å². The Morgan fingerprint density at radius 2 is 1.75 bits per heavy atom. The van der Waals surface area contributed by atoms with Crippen molar-refractivity contribution in [1.29, 1.82) is 0 Å². The van der Waals surface area contributed by atoms with E-state index in [9.17, 15) is 4.79 Å². The van der Waals surface area contributed by atoms with Crippen molar-refractivity contribution in [1.82, 2.24) is 0 Å². The second-order valence-corrected chi connectivity index (χ2v) is 3.49. The van der Waals surface area contributed by atoms with Gasteiger partial charge in [0.05, 0.1) is 0 Å². The molecule has 0 spiro atoms. The molecule has 0 bridgehead atoms. The Bertz CT molecular complexity index is 139. The maximum atomic E-state index is 10.6. The van der Waals surface area contributed by atoms with Crippen molar-refractivity contribution < 1.29 is 9.53 Å². The van der Waals surface area contributed by atoms with Crippen LogP contribution in [-0.2, 0) is 9.53 Å². The standard InChI is InChI=1S/C9H16O2.K/c1-7-3-5-9(6-4-7)11-8(2)10;/h7,9H,3-6H2,1-2H3;. The van der Waals surface area contributed by atoms with Gasteiger partial charge in [-0.15, -0.1) is 0 Å². The van der Waals surface area contributed by atoms with E-state index in [1.165, 1.54) is 19.8 Å². The first kappa shape index (κ1) is 13.1. The van der Waals surface area contributed by atoms with Gasteiger partial charge in [0, 0.05) is 58.3 Å². The Labute approximate surface area is 117 Å². The fourth-order valence-electron chi connectivity index (χ4n) is 1.58. The molecule has 0 aromatic heterocycles. The minimum absolute atomic E-state index is 0. The van der Waals surface area contributed by atoms with Gasteiger partial charge in [0.25, 0.3) is 0 Å². The van der Waals surface area contributed by atoms with E-state index in [0.29, 0.717) is 0 Å². The molecule has 1 fully saturated rings. The Morgan fingerprint density at radius 3 is 2.17 bits per heavy atom. The van der Waals surface area contributed by atoms with Crippen molar-refractivity contribution in [3.8, 4) is 0 Å². The largest absolute Gasteiger partial charge is 0.463 e. The number of rotatable bonds is 1. The zero-order chi connectivity index (χ0) is 8.27. The number of esters is 1. The maximum absolute atomic E-state index is 10.6. The molecule has 0 heterocycles. The van der Waals surface area contributed by atoms with E-state index >= 15 is 0 Å². The number of ether oxygens (including phenoxy) is 1. The first-order chi connectivity index (χ1) is 5.18. The molecule has 3 heteroatoms. The van der Waals surface area contributed by atoms with Gasteiger partial charge in [0.2, 0.25) is 0 Å². The summed E-state index contributed by atoms with van der Waals surface area (Å²) in [6.45, 7) is 3.74. The number of hydrogen-bond acceptors (Lipinski definition) is 2. The third-order valence-electron chi connectivity index (χ3n) is 2.30. The topological polar surface area (TPSA) is 26.3 Å². The summed E-state index contributed by atoms with van der Waals surface area (Å²) in [4.78, 5) is 10.6. The van der Waals surface area contributed by atoms with E-state index in [0.717, 1.165) is 18.8 Å². The molecule has 0 aromatic carbocycles. The van der Waals surface area contributed by atoms with Crippen LogP contribution < -0.4 is 0 Å². The van der Waals surface area contributed by atoms with Gasteiger partial charge >= 0.3 is 5.97 Å². The summed E-state index contributed by atoms with van der Waals surface area (Å²) in [5.74, 6) is 0.686. The monoisotopic (exact) mass is 195 g/mol. The van der Waals surface area contributed by atoms with E-state index in [4.69, 9.17) is 4.74 Å². The Morgan fingerprint density at radius 1 is 1.25 bits per heavy atom. The van der Waals surface area contributed by atoms with Crippen molar-refractivity contribution in [3.05, 3.63) is 0 Å². The molecule has 0 amide bonds. The van der Waals surface area contributed by atoms with Gasteiger partial charge < -0.3 is 4.74 Å². The van der Waals surface area contributed by atoms with E-state index in [-0.39, 0.29) is 63.5 Å². The summed E-state index contributed by atoms with van der Waals surface area (Å²) in [6, 6.07) is 0. The van der Waals surface area contributed by atoms with Gasteiger partial charge in [0.1, 0.15) is 6.10 Å². The molecule has 0 aliphatic heterocycles. The molecule has 0 aromatic rings. The Balaban J connectivity index is 0.00000121. The molecule has 12 heavy (non-hydrogen) atoms. The third kappa shape index (κ3) is 4.97. The second-order valence-electron chi connectivity index (χ2n) is 3.49. The summed E-state index contributed by atoms with van der Waals surface area (Å²) in [6.07, 6.45) is 4.74. The number of hydrogen-bond donors (Lipinski definition) is 0. The predicted molar refractivity (Wildman–Crippen MR) is 48.9 cm³/mol. The number of carbonyl (C=O) groups is 1. The van der Waals surface area contributed by atoms with Crippen LogP contribution in [0.25, 0.3) is 0 Å². The molecule has 2 nitrogen and oxygen atoms in total. The smallest absolute Gasteiger partial charge is 0.302 e. The summed E-state index contributed by atoms with van der Waals surface area (Å²) >= 11 is 0. The van der Waals surface area contributed by atoms with Gasteiger partial charge in [-0.05, 0) is 31.6 Å². The van der Waals surface area contributed by atoms with Crippen LogP contribution in [0.1, 0.15) is 39.5 Å².